The molecule has 2 heterocycles. The number of hydrogen-bond acceptors (Lipinski definition) is 4. The van der Waals surface area contributed by atoms with E-state index in [-0.39, 0.29) is 0 Å². The molecule has 1 aromatic carbocycles. The third-order valence-electron chi connectivity index (χ3n) is 2.47. The van der Waals surface area contributed by atoms with Crippen LogP contribution in [0.3, 0.4) is 0 Å². The van der Waals surface area contributed by atoms with Gasteiger partial charge in [-0.25, -0.2) is 4.98 Å². The second-order valence-corrected chi connectivity index (χ2v) is 5.08. The van der Waals surface area contributed by atoms with Crippen LogP contribution < -0.4 is 5.73 Å². The minimum Gasteiger partial charge on any atom is -0.399 e. The van der Waals surface area contributed by atoms with E-state index in [0.717, 1.165) is 16.3 Å². The summed E-state index contributed by atoms with van der Waals surface area (Å²) in [6.45, 7) is 0. The summed E-state index contributed by atoms with van der Waals surface area (Å²) >= 11 is 7.72. The van der Waals surface area contributed by atoms with Crippen LogP contribution in [0.2, 0.25) is 5.02 Å². The minimum atomic E-state index is 0.552. The Morgan fingerprint density at radius 3 is 2.94 bits per heavy atom. The molecule has 0 amide bonds. The number of nitrogens with one attached hydrogen (secondary N) is 1. The Bertz CT molecular complexity index is 675. The van der Waals surface area contributed by atoms with Crippen molar-refractivity contribution in [2.75, 3.05) is 5.73 Å². The summed E-state index contributed by atoms with van der Waals surface area (Å²) in [5.74, 6) is 1.29. The largest absolute Gasteiger partial charge is 0.399 e. The molecule has 90 valence electrons. The summed E-state index contributed by atoms with van der Waals surface area (Å²) in [6, 6.07) is 9.21. The summed E-state index contributed by atoms with van der Waals surface area (Å²) in [5.41, 5.74) is 7.11. The van der Waals surface area contributed by atoms with Gasteiger partial charge in [-0.15, -0.1) is 11.3 Å². The van der Waals surface area contributed by atoms with Crippen molar-refractivity contribution >= 4 is 28.6 Å². The van der Waals surface area contributed by atoms with Gasteiger partial charge in [-0.1, -0.05) is 17.7 Å². The fourth-order valence-corrected chi connectivity index (χ4v) is 2.49. The number of halogens is 1. The number of nitrogen functional groups attached to an aromatic ring is 1. The van der Waals surface area contributed by atoms with Crippen molar-refractivity contribution in [1.29, 1.82) is 0 Å². The molecule has 0 aliphatic heterocycles. The van der Waals surface area contributed by atoms with E-state index in [0.29, 0.717) is 16.5 Å². The second-order valence-electron chi connectivity index (χ2n) is 3.72. The van der Waals surface area contributed by atoms with Gasteiger partial charge in [-0.2, -0.15) is 5.10 Å². The lowest BCUT2D eigenvalue weighted by Crippen LogP contribution is -1.88. The van der Waals surface area contributed by atoms with E-state index in [1.165, 1.54) is 0 Å². The lowest BCUT2D eigenvalue weighted by atomic mass is 10.2. The molecule has 3 N–H and O–H groups in total. The number of rotatable bonds is 2. The lowest BCUT2D eigenvalue weighted by Gasteiger charge is -2.00. The standard InChI is InChI=1S/C12H9ClN4S/c13-9-4-3-7(14)6-8(9)11-15-12(17-16-11)10-2-1-5-18-10/h1-6H,14H2,(H,15,16,17). The Balaban J connectivity index is 2.05. The molecule has 0 aliphatic carbocycles. The summed E-state index contributed by atoms with van der Waals surface area (Å²) in [7, 11) is 0. The van der Waals surface area contributed by atoms with Gasteiger partial charge < -0.3 is 5.73 Å². The first-order valence-corrected chi connectivity index (χ1v) is 6.51. The van der Waals surface area contributed by atoms with Gasteiger partial charge in [0.2, 0.25) is 0 Å². The Labute approximate surface area is 112 Å². The van der Waals surface area contributed by atoms with E-state index >= 15 is 0 Å². The van der Waals surface area contributed by atoms with Gasteiger partial charge in [0.15, 0.2) is 11.6 Å². The van der Waals surface area contributed by atoms with Crippen LogP contribution in [0.25, 0.3) is 22.1 Å². The molecule has 0 aliphatic rings. The van der Waals surface area contributed by atoms with Gasteiger partial charge in [-0.05, 0) is 29.6 Å². The Kier molecular flexibility index (Phi) is 2.77. The predicted molar refractivity (Wildman–Crippen MR) is 74.6 cm³/mol. The number of hydrogen-bond donors (Lipinski definition) is 2. The first-order chi connectivity index (χ1) is 8.74. The third-order valence-corrected chi connectivity index (χ3v) is 3.68. The molecule has 6 heteroatoms. The highest BCUT2D eigenvalue weighted by Gasteiger charge is 2.11. The molecule has 0 unspecified atom stereocenters. The monoisotopic (exact) mass is 276 g/mol. The van der Waals surface area contributed by atoms with Crippen molar-refractivity contribution in [1.82, 2.24) is 15.2 Å². The number of nitrogens with two attached hydrogens (primary N) is 1. The van der Waals surface area contributed by atoms with Crippen LogP contribution in [0.5, 0.6) is 0 Å². The summed E-state index contributed by atoms with van der Waals surface area (Å²) < 4.78 is 0. The molecule has 0 bridgehead atoms. The Morgan fingerprint density at radius 2 is 2.17 bits per heavy atom. The molecule has 18 heavy (non-hydrogen) atoms. The highest BCUT2D eigenvalue weighted by Crippen LogP contribution is 2.29. The van der Waals surface area contributed by atoms with E-state index in [1.807, 2.05) is 17.5 Å². The molecular formula is C12H9ClN4S. The highest BCUT2D eigenvalue weighted by atomic mass is 35.5. The van der Waals surface area contributed by atoms with Crippen LogP contribution in [-0.2, 0) is 0 Å². The van der Waals surface area contributed by atoms with E-state index in [9.17, 15) is 0 Å². The number of H-pyrrole nitrogens is 1. The van der Waals surface area contributed by atoms with E-state index in [2.05, 4.69) is 15.2 Å². The maximum absolute atomic E-state index is 6.12. The quantitative estimate of drug-likeness (QED) is 0.705. The highest BCUT2D eigenvalue weighted by molar-refractivity contribution is 7.13. The van der Waals surface area contributed by atoms with Crippen molar-refractivity contribution in [2.24, 2.45) is 0 Å². The zero-order chi connectivity index (χ0) is 12.5. The lowest BCUT2D eigenvalue weighted by molar-refractivity contribution is 1.10. The molecular weight excluding hydrogens is 268 g/mol. The first kappa shape index (κ1) is 11.3. The van der Waals surface area contributed by atoms with E-state index in [1.54, 1.807) is 29.5 Å². The molecule has 3 rings (SSSR count). The van der Waals surface area contributed by atoms with Crippen LogP contribution >= 0.6 is 22.9 Å². The van der Waals surface area contributed by atoms with Gasteiger partial charge in [0.25, 0.3) is 0 Å². The van der Waals surface area contributed by atoms with Crippen molar-refractivity contribution < 1.29 is 0 Å². The van der Waals surface area contributed by atoms with Crippen LogP contribution in [-0.4, -0.2) is 15.2 Å². The summed E-state index contributed by atoms with van der Waals surface area (Å²) in [4.78, 5) is 5.46. The average Bonchev–Trinajstić information content (AvgIpc) is 3.00. The van der Waals surface area contributed by atoms with Crippen molar-refractivity contribution in [3.05, 3.63) is 40.7 Å². The summed E-state index contributed by atoms with van der Waals surface area (Å²) in [5, 5.41) is 9.65. The SMILES string of the molecule is Nc1ccc(Cl)c(-c2n[nH]c(-c3cccs3)n2)c1. The Hall–Kier alpha value is -1.85. The van der Waals surface area contributed by atoms with Crippen LogP contribution in [0.15, 0.2) is 35.7 Å². The van der Waals surface area contributed by atoms with Gasteiger partial charge >= 0.3 is 0 Å². The second kappa shape index (κ2) is 4.44. The molecule has 0 saturated heterocycles. The van der Waals surface area contributed by atoms with Gasteiger partial charge in [0.05, 0.1) is 9.90 Å². The number of benzene rings is 1. The van der Waals surface area contributed by atoms with Crippen LogP contribution in [0, 0.1) is 0 Å². The zero-order valence-corrected chi connectivity index (χ0v) is 10.8. The molecule has 4 nitrogen and oxygen atoms in total. The third kappa shape index (κ3) is 1.98. The fraction of sp³-hybridized carbons (Fsp3) is 0. The smallest absolute Gasteiger partial charge is 0.183 e. The number of aromatic amines is 1. The van der Waals surface area contributed by atoms with Crippen LogP contribution in [0.4, 0.5) is 5.69 Å². The maximum atomic E-state index is 6.12. The minimum absolute atomic E-state index is 0.552. The van der Waals surface area contributed by atoms with Crippen molar-refractivity contribution in [3.8, 4) is 22.1 Å². The van der Waals surface area contributed by atoms with Crippen molar-refractivity contribution in [2.45, 2.75) is 0 Å². The molecule has 0 spiro atoms. The molecule has 0 fully saturated rings. The molecule has 2 aromatic heterocycles. The maximum Gasteiger partial charge on any atom is 0.183 e. The molecule has 0 saturated carbocycles. The predicted octanol–water partition coefficient (Wildman–Crippen LogP) is 3.44. The summed E-state index contributed by atoms with van der Waals surface area (Å²) in [6.07, 6.45) is 0. The Morgan fingerprint density at radius 1 is 1.28 bits per heavy atom. The van der Waals surface area contributed by atoms with Gasteiger partial charge in [-0.3, -0.25) is 5.10 Å². The number of anilines is 1. The molecule has 0 atom stereocenters. The number of nitrogens with zero attached hydrogens (tertiary/aromatic N) is 2. The first-order valence-electron chi connectivity index (χ1n) is 5.26. The topological polar surface area (TPSA) is 67.6 Å². The van der Waals surface area contributed by atoms with Crippen molar-refractivity contribution in [3.63, 3.8) is 0 Å². The van der Waals surface area contributed by atoms with Gasteiger partial charge in [0, 0.05) is 11.3 Å². The number of thiophene rings is 1. The number of aromatic nitrogens is 3. The average molecular weight is 277 g/mol. The van der Waals surface area contributed by atoms with E-state index in [4.69, 9.17) is 17.3 Å². The van der Waals surface area contributed by atoms with Crippen LogP contribution in [0.1, 0.15) is 0 Å². The normalized spacial score (nSPS) is 10.7. The fourth-order valence-electron chi connectivity index (χ4n) is 1.62. The zero-order valence-electron chi connectivity index (χ0n) is 9.22. The van der Waals surface area contributed by atoms with E-state index < -0.39 is 0 Å². The molecule has 0 radical (unpaired) electrons. The van der Waals surface area contributed by atoms with Gasteiger partial charge in [0.1, 0.15) is 0 Å². The molecule has 3 aromatic rings.